The Morgan fingerprint density at radius 1 is 1.23 bits per heavy atom. The van der Waals surface area contributed by atoms with E-state index in [2.05, 4.69) is 10.1 Å². The zero-order valence-electron chi connectivity index (χ0n) is 16.8. The number of aromatic hydroxyl groups is 1. The van der Waals surface area contributed by atoms with Gasteiger partial charge in [-0.1, -0.05) is 0 Å². The maximum Gasteiger partial charge on any atom is 0.252 e. The average Bonchev–Trinajstić information content (AvgIpc) is 3.14. The average molecular weight is 426 g/mol. The molecule has 0 saturated carbocycles. The minimum Gasteiger partial charge on any atom is -0.507 e. The van der Waals surface area contributed by atoms with Crippen molar-refractivity contribution in [3.8, 4) is 28.5 Å². The van der Waals surface area contributed by atoms with E-state index in [1.165, 1.54) is 23.5 Å². The Labute approximate surface area is 177 Å². The smallest absolute Gasteiger partial charge is 0.252 e. The molecule has 1 aromatic heterocycles. The Morgan fingerprint density at radius 3 is 2.70 bits per heavy atom. The van der Waals surface area contributed by atoms with Crippen LogP contribution in [0, 0.1) is 0 Å². The van der Waals surface area contributed by atoms with Crippen molar-refractivity contribution in [1.82, 2.24) is 4.68 Å². The highest BCUT2D eigenvalue weighted by molar-refractivity contribution is 7.07. The van der Waals surface area contributed by atoms with E-state index in [-0.39, 0.29) is 11.3 Å². The number of ether oxygens (including phenoxy) is 2. The number of nitrogens with zero attached hydrogens (tertiary/aromatic N) is 3. The summed E-state index contributed by atoms with van der Waals surface area (Å²) in [5, 5.41) is 16.4. The Kier molecular flexibility index (Phi) is 6.53. The highest BCUT2D eigenvalue weighted by Gasteiger charge is 2.13. The lowest BCUT2D eigenvalue weighted by Gasteiger charge is -2.08. The molecule has 0 atom stereocenters. The molecule has 0 aliphatic rings. The van der Waals surface area contributed by atoms with Crippen LogP contribution in [0.2, 0.25) is 0 Å². The lowest BCUT2D eigenvalue weighted by Crippen LogP contribution is -2.13. The fourth-order valence-corrected chi connectivity index (χ4v) is 3.71. The molecule has 2 aromatic carbocycles. The van der Waals surface area contributed by atoms with Crippen molar-refractivity contribution in [2.75, 3.05) is 20.8 Å². The molecule has 0 radical (unpaired) electrons. The number of nitrogens with two attached hydrogens (primary N) is 1. The molecule has 0 aliphatic heterocycles. The number of methoxy groups -OCH3 is 2. The molecule has 8 nitrogen and oxygen atoms in total. The molecule has 3 aromatic rings. The van der Waals surface area contributed by atoms with Gasteiger partial charge in [-0.2, -0.15) is 5.10 Å². The number of primary amides is 1. The van der Waals surface area contributed by atoms with E-state index in [1.54, 1.807) is 43.3 Å². The number of hydrogen-bond donors (Lipinski definition) is 2. The molecule has 9 heteroatoms. The molecule has 3 rings (SSSR count). The minimum atomic E-state index is -0.709. The summed E-state index contributed by atoms with van der Waals surface area (Å²) in [5.41, 5.74) is 7.51. The van der Waals surface area contributed by atoms with Crippen LogP contribution in [0.15, 0.2) is 51.9 Å². The molecule has 0 bridgehead atoms. The van der Waals surface area contributed by atoms with Gasteiger partial charge >= 0.3 is 0 Å². The first-order valence-electron chi connectivity index (χ1n) is 9.09. The van der Waals surface area contributed by atoms with Gasteiger partial charge in [-0.05, 0) is 43.3 Å². The second kappa shape index (κ2) is 9.27. The topological polar surface area (TPSA) is 111 Å². The highest BCUT2D eigenvalue weighted by Crippen LogP contribution is 2.27. The number of aromatic nitrogens is 1. The molecule has 1 heterocycles. The van der Waals surface area contributed by atoms with Crippen LogP contribution in [-0.2, 0) is 0 Å². The van der Waals surface area contributed by atoms with Crippen molar-refractivity contribution >= 4 is 23.5 Å². The molecular formula is C21H22N4O4S. The van der Waals surface area contributed by atoms with Crippen LogP contribution in [0.25, 0.3) is 11.3 Å². The first-order chi connectivity index (χ1) is 14.5. The third kappa shape index (κ3) is 4.36. The van der Waals surface area contributed by atoms with E-state index in [1.807, 2.05) is 18.4 Å². The first kappa shape index (κ1) is 21.1. The van der Waals surface area contributed by atoms with Crippen molar-refractivity contribution in [2.45, 2.75) is 6.92 Å². The van der Waals surface area contributed by atoms with Gasteiger partial charge < -0.3 is 20.3 Å². The fourth-order valence-electron chi connectivity index (χ4n) is 2.81. The van der Waals surface area contributed by atoms with Crippen LogP contribution in [-0.4, -0.2) is 42.7 Å². The lowest BCUT2D eigenvalue weighted by atomic mass is 10.1. The van der Waals surface area contributed by atoms with Crippen LogP contribution >= 0.6 is 11.3 Å². The maximum atomic E-state index is 11.6. The van der Waals surface area contributed by atoms with E-state index >= 15 is 0 Å². The summed E-state index contributed by atoms with van der Waals surface area (Å²) in [6.07, 6.45) is 1.65. The van der Waals surface area contributed by atoms with Gasteiger partial charge in [0.05, 0.1) is 31.7 Å². The summed E-state index contributed by atoms with van der Waals surface area (Å²) in [4.78, 5) is 16.8. The van der Waals surface area contributed by atoms with Gasteiger partial charge in [0.2, 0.25) is 4.80 Å². The standard InChI is InChI=1S/C21H22N4O4S/c1-4-23-21-25(24-11-14-9-15(28-2)6-8-19(14)29-3)17(12-30-21)13-5-7-18(26)16(10-13)20(22)27/h5-12,26H,4H2,1-3H3,(H2,22,27). The third-order valence-corrected chi connectivity index (χ3v) is 5.14. The van der Waals surface area contributed by atoms with Crippen molar-refractivity contribution in [3.05, 3.63) is 57.7 Å². The van der Waals surface area contributed by atoms with E-state index in [0.29, 0.717) is 34.1 Å². The summed E-state index contributed by atoms with van der Waals surface area (Å²) in [6, 6.07) is 10.1. The summed E-state index contributed by atoms with van der Waals surface area (Å²) in [5.74, 6) is 0.442. The predicted octanol–water partition coefficient (Wildman–Crippen LogP) is 2.84. The van der Waals surface area contributed by atoms with Crippen molar-refractivity contribution in [1.29, 1.82) is 0 Å². The van der Waals surface area contributed by atoms with Crippen LogP contribution in [0.5, 0.6) is 17.2 Å². The molecule has 0 fully saturated rings. The van der Waals surface area contributed by atoms with Crippen LogP contribution in [0.1, 0.15) is 22.8 Å². The summed E-state index contributed by atoms with van der Waals surface area (Å²) < 4.78 is 12.4. The Balaban J connectivity index is 2.13. The zero-order valence-corrected chi connectivity index (χ0v) is 17.6. The zero-order chi connectivity index (χ0) is 21.7. The number of carbonyl (C=O) groups is 1. The Bertz CT molecular complexity index is 1160. The Morgan fingerprint density at radius 2 is 2.03 bits per heavy atom. The molecule has 0 saturated heterocycles. The molecule has 1 amide bonds. The van der Waals surface area contributed by atoms with Crippen LogP contribution in [0.3, 0.4) is 0 Å². The summed E-state index contributed by atoms with van der Waals surface area (Å²) in [7, 11) is 3.18. The largest absolute Gasteiger partial charge is 0.507 e. The molecular weight excluding hydrogens is 404 g/mol. The molecule has 30 heavy (non-hydrogen) atoms. The van der Waals surface area contributed by atoms with Crippen molar-refractivity contribution in [3.63, 3.8) is 0 Å². The molecule has 156 valence electrons. The molecule has 3 N–H and O–H groups in total. The summed E-state index contributed by atoms with van der Waals surface area (Å²) in [6.45, 7) is 2.52. The molecule has 0 aliphatic carbocycles. The number of amides is 1. The van der Waals surface area contributed by atoms with Gasteiger partial charge in [0.15, 0.2) is 0 Å². The normalized spacial score (nSPS) is 11.8. The molecule has 0 unspecified atom stereocenters. The van der Waals surface area contributed by atoms with E-state index in [9.17, 15) is 9.90 Å². The van der Waals surface area contributed by atoms with Gasteiger partial charge in [0.1, 0.15) is 17.2 Å². The van der Waals surface area contributed by atoms with E-state index in [0.717, 1.165) is 5.56 Å². The van der Waals surface area contributed by atoms with Gasteiger partial charge in [-0.3, -0.25) is 9.79 Å². The quantitative estimate of drug-likeness (QED) is 0.566. The van der Waals surface area contributed by atoms with E-state index < -0.39 is 5.91 Å². The minimum absolute atomic E-state index is 0.0395. The van der Waals surface area contributed by atoms with Gasteiger partial charge in [0.25, 0.3) is 5.91 Å². The number of phenols is 1. The van der Waals surface area contributed by atoms with Gasteiger partial charge in [-0.25, -0.2) is 4.68 Å². The number of benzene rings is 2. The predicted molar refractivity (Wildman–Crippen MR) is 117 cm³/mol. The number of carbonyl (C=O) groups excluding carboxylic acids is 1. The van der Waals surface area contributed by atoms with Crippen molar-refractivity contribution < 1.29 is 19.4 Å². The number of hydrogen-bond acceptors (Lipinski definition) is 7. The lowest BCUT2D eigenvalue weighted by molar-refractivity contribution is 0.0998. The summed E-state index contributed by atoms with van der Waals surface area (Å²) >= 11 is 1.41. The number of thiazole rings is 1. The molecule has 0 spiro atoms. The SMILES string of the molecule is CCN=c1scc(-c2ccc(O)c(C(N)=O)c2)n1N=Cc1cc(OC)ccc1OC. The third-order valence-electron chi connectivity index (χ3n) is 4.29. The van der Waals surface area contributed by atoms with Crippen LogP contribution in [0.4, 0.5) is 0 Å². The van der Waals surface area contributed by atoms with Crippen molar-refractivity contribution in [2.24, 2.45) is 15.8 Å². The monoisotopic (exact) mass is 426 g/mol. The van der Waals surface area contributed by atoms with E-state index in [4.69, 9.17) is 15.2 Å². The van der Waals surface area contributed by atoms with Gasteiger partial charge in [-0.15, -0.1) is 11.3 Å². The maximum absolute atomic E-state index is 11.6. The Hall–Kier alpha value is -3.59. The van der Waals surface area contributed by atoms with Crippen LogP contribution < -0.4 is 20.0 Å². The second-order valence-electron chi connectivity index (χ2n) is 6.14. The first-order valence-corrected chi connectivity index (χ1v) is 9.97. The number of rotatable bonds is 7. The highest BCUT2D eigenvalue weighted by atomic mass is 32.1. The fraction of sp³-hybridized carbons (Fsp3) is 0.190. The van der Waals surface area contributed by atoms with Gasteiger partial charge in [0, 0.05) is 23.1 Å². The second-order valence-corrected chi connectivity index (χ2v) is 6.97.